The minimum atomic E-state index is -0.335. The zero-order chi connectivity index (χ0) is 12.8. The fraction of sp³-hybridized carbons (Fsp3) is 0.667. The van der Waals surface area contributed by atoms with Crippen LogP contribution in [0.5, 0.6) is 0 Å². The third-order valence-electron chi connectivity index (χ3n) is 2.26. The van der Waals surface area contributed by atoms with Crippen molar-refractivity contribution in [3.63, 3.8) is 0 Å². The zero-order valence-electron chi connectivity index (χ0n) is 10.9. The molecule has 0 radical (unpaired) electrons. The van der Waals surface area contributed by atoms with E-state index in [1.165, 1.54) is 11.3 Å². The van der Waals surface area contributed by atoms with Crippen molar-refractivity contribution in [2.75, 3.05) is 18.5 Å². The molecule has 0 saturated heterocycles. The number of ether oxygens (including phenoxy) is 1. The molecule has 0 aliphatic heterocycles. The molecule has 0 atom stereocenters. The molecular formula is C12H20N2O2S. The Kier molecular flexibility index (Phi) is 5.41. The van der Waals surface area contributed by atoms with Crippen molar-refractivity contribution < 1.29 is 9.53 Å². The lowest BCUT2D eigenvalue weighted by Gasteiger charge is -2.04. The molecule has 1 heterocycles. The Morgan fingerprint density at radius 3 is 2.82 bits per heavy atom. The van der Waals surface area contributed by atoms with Gasteiger partial charge in [-0.1, -0.05) is 13.8 Å². The summed E-state index contributed by atoms with van der Waals surface area (Å²) >= 11 is 1.50. The van der Waals surface area contributed by atoms with Crippen molar-refractivity contribution in [3.8, 4) is 0 Å². The summed E-state index contributed by atoms with van der Waals surface area (Å²) in [5.74, 6) is 0.325. The van der Waals surface area contributed by atoms with E-state index in [-0.39, 0.29) is 5.97 Å². The molecule has 0 fully saturated rings. The standard InChI is InChI=1S/C12H20N2O2S/c1-5-16-11(15)10-9(4)17-12(14-10)13-7-6-8(2)3/h8H,5-7H2,1-4H3,(H,13,14). The van der Waals surface area contributed by atoms with Crippen LogP contribution in [0.15, 0.2) is 0 Å². The topological polar surface area (TPSA) is 51.2 Å². The van der Waals surface area contributed by atoms with Crippen LogP contribution in [0.1, 0.15) is 42.6 Å². The molecule has 96 valence electrons. The minimum absolute atomic E-state index is 0.335. The third-order valence-corrected chi connectivity index (χ3v) is 3.19. The number of anilines is 1. The molecule has 1 rings (SSSR count). The summed E-state index contributed by atoms with van der Waals surface area (Å²) < 4.78 is 4.94. The second-order valence-electron chi connectivity index (χ2n) is 4.25. The summed E-state index contributed by atoms with van der Waals surface area (Å²) in [4.78, 5) is 16.7. The number of thiazole rings is 1. The number of nitrogens with zero attached hydrogens (tertiary/aromatic N) is 1. The Balaban J connectivity index is 2.58. The van der Waals surface area contributed by atoms with Gasteiger partial charge in [-0.3, -0.25) is 0 Å². The highest BCUT2D eigenvalue weighted by Gasteiger charge is 2.16. The largest absolute Gasteiger partial charge is 0.461 e. The molecule has 0 spiro atoms. The van der Waals surface area contributed by atoms with Crippen LogP contribution in [0.4, 0.5) is 5.13 Å². The molecule has 0 aliphatic carbocycles. The van der Waals surface area contributed by atoms with Crippen LogP contribution in [0, 0.1) is 12.8 Å². The van der Waals surface area contributed by atoms with Gasteiger partial charge < -0.3 is 10.1 Å². The van der Waals surface area contributed by atoms with Gasteiger partial charge >= 0.3 is 5.97 Å². The number of hydrogen-bond acceptors (Lipinski definition) is 5. The molecule has 0 aromatic carbocycles. The smallest absolute Gasteiger partial charge is 0.358 e. The number of aromatic nitrogens is 1. The van der Waals surface area contributed by atoms with Crippen LogP contribution in [-0.2, 0) is 4.74 Å². The number of rotatable bonds is 6. The highest BCUT2D eigenvalue weighted by atomic mass is 32.1. The molecular weight excluding hydrogens is 236 g/mol. The summed E-state index contributed by atoms with van der Waals surface area (Å²) in [5, 5.41) is 4.03. The Morgan fingerprint density at radius 1 is 1.53 bits per heavy atom. The predicted octanol–water partition coefficient (Wildman–Crippen LogP) is 3.09. The maximum absolute atomic E-state index is 11.6. The second-order valence-corrected chi connectivity index (χ2v) is 5.46. The van der Waals surface area contributed by atoms with Gasteiger partial charge in [0.1, 0.15) is 0 Å². The van der Waals surface area contributed by atoms with Gasteiger partial charge in [0.05, 0.1) is 6.61 Å². The van der Waals surface area contributed by atoms with Crippen LogP contribution in [0.2, 0.25) is 0 Å². The molecule has 1 aromatic rings. The van der Waals surface area contributed by atoms with Gasteiger partial charge in [0.25, 0.3) is 0 Å². The van der Waals surface area contributed by atoms with Crippen molar-refractivity contribution >= 4 is 22.4 Å². The average Bonchev–Trinajstić information content (AvgIpc) is 2.59. The van der Waals surface area contributed by atoms with E-state index in [1.54, 1.807) is 6.92 Å². The summed E-state index contributed by atoms with van der Waals surface area (Å²) in [6, 6.07) is 0. The average molecular weight is 256 g/mol. The second kappa shape index (κ2) is 6.59. The number of nitrogens with one attached hydrogen (secondary N) is 1. The molecule has 0 amide bonds. The summed E-state index contributed by atoms with van der Waals surface area (Å²) in [6.45, 7) is 9.30. The lowest BCUT2D eigenvalue weighted by molar-refractivity contribution is 0.0519. The van der Waals surface area contributed by atoms with Crippen LogP contribution in [-0.4, -0.2) is 24.1 Å². The molecule has 0 aliphatic rings. The van der Waals surface area contributed by atoms with Crippen molar-refractivity contribution in [1.82, 2.24) is 4.98 Å². The Bertz CT molecular complexity index is 375. The molecule has 1 N–H and O–H groups in total. The van der Waals surface area contributed by atoms with E-state index in [9.17, 15) is 4.79 Å². The maximum Gasteiger partial charge on any atom is 0.358 e. The highest BCUT2D eigenvalue weighted by molar-refractivity contribution is 7.15. The lowest BCUT2D eigenvalue weighted by Crippen LogP contribution is -2.08. The third kappa shape index (κ3) is 4.34. The number of aryl methyl sites for hydroxylation is 1. The summed E-state index contributed by atoms with van der Waals surface area (Å²) in [7, 11) is 0. The fourth-order valence-corrected chi connectivity index (χ4v) is 2.16. The van der Waals surface area contributed by atoms with Crippen LogP contribution >= 0.6 is 11.3 Å². The summed E-state index contributed by atoms with van der Waals surface area (Å²) in [6.07, 6.45) is 1.09. The number of carbonyl (C=O) groups is 1. The Morgan fingerprint density at radius 2 is 2.24 bits per heavy atom. The molecule has 5 heteroatoms. The maximum atomic E-state index is 11.6. The van der Waals surface area contributed by atoms with Gasteiger partial charge in [0.2, 0.25) is 0 Å². The Hall–Kier alpha value is -1.10. The van der Waals surface area contributed by atoms with Crippen molar-refractivity contribution in [2.24, 2.45) is 5.92 Å². The quantitative estimate of drug-likeness (QED) is 0.795. The molecule has 0 saturated carbocycles. The predicted molar refractivity (Wildman–Crippen MR) is 70.8 cm³/mol. The van der Waals surface area contributed by atoms with Crippen molar-refractivity contribution in [2.45, 2.75) is 34.1 Å². The van der Waals surface area contributed by atoms with Gasteiger partial charge in [-0.15, -0.1) is 11.3 Å². The van der Waals surface area contributed by atoms with Crippen LogP contribution < -0.4 is 5.32 Å². The van der Waals surface area contributed by atoms with E-state index >= 15 is 0 Å². The van der Waals surface area contributed by atoms with Gasteiger partial charge in [-0.25, -0.2) is 9.78 Å². The van der Waals surface area contributed by atoms with Gasteiger partial charge in [0.15, 0.2) is 10.8 Å². The first-order valence-electron chi connectivity index (χ1n) is 5.93. The molecule has 0 bridgehead atoms. The Labute approximate surface area is 106 Å². The van der Waals surface area contributed by atoms with E-state index in [0.29, 0.717) is 18.2 Å². The summed E-state index contributed by atoms with van der Waals surface area (Å²) in [5.41, 5.74) is 0.434. The first-order valence-corrected chi connectivity index (χ1v) is 6.74. The van der Waals surface area contributed by atoms with Crippen LogP contribution in [0.3, 0.4) is 0 Å². The number of esters is 1. The molecule has 0 unspecified atom stereocenters. The van der Waals surface area contributed by atoms with Gasteiger partial charge in [0, 0.05) is 11.4 Å². The van der Waals surface area contributed by atoms with E-state index in [2.05, 4.69) is 24.1 Å². The number of hydrogen-bond donors (Lipinski definition) is 1. The lowest BCUT2D eigenvalue weighted by atomic mass is 10.1. The number of carbonyl (C=O) groups excluding carboxylic acids is 1. The van der Waals surface area contributed by atoms with E-state index in [1.807, 2.05) is 6.92 Å². The minimum Gasteiger partial charge on any atom is -0.461 e. The monoisotopic (exact) mass is 256 g/mol. The van der Waals surface area contributed by atoms with Crippen molar-refractivity contribution in [3.05, 3.63) is 10.6 Å². The van der Waals surface area contributed by atoms with Crippen molar-refractivity contribution in [1.29, 1.82) is 0 Å². The van der Waals surface area contributed by atoms with Gasteiger partial charge in [-0.2, -0.15) is 0 Å². The van der Waals surface area contributed by atoms with Crippen LogP contribution in [0.25, 0.3) is 0 Å². The molecule has 17 heavy (non-hydrogen) atoms. The zero-order valence-corrected chi connectivity index (χ0v) is 11.7. The van der Waals surface area contributed by atoms with E-state index in [0.717, 1.165) is 23.0 Å². The van der Waals surface area contributed by atoms with Gasteiger partial charge in [-0.05, 0) is 26.2 Å². The normalized spacial score (nSPS) is 10.6. The fourth-order valence-electron chi connectivity index (χ4n) is 1.33. The molecule has 4 nitrogen and oxygen atoms in total. The first kappa shape index (κ1) is 14.0. The SMILES string of the molecule is CCOC(=O)c1nc(NCCC(C)C)sc1C. The molecule has 1 aromatic heterocycles. The highest BCUT2D eigenvalue weighted by Crippen LogP contribution is 2.22. The first-order chi connectivity index (χ1) is 8.04. The van der Waals surface area contributed by atoms with E-state index < -0.39 is 0 Å². The van der Waals surface area contributed by atoms with E-state index in [4.69, 9.17) is 4.74 Å².